The molecule has 1 atom stereocenters. The molecule has 1 aromatic rings. The van der Waals surface area contributed by atoms with Crippen LogP contribution in [0.3, 0.4) is 0 Å². The first-order valence-corrected chi connectivity index (χ1v) is 8.94. The molecule has 0 saturated carbocycles. The molecule has 0 radical (unpaired) electrons. The molecule has 1 fully saturated rings. The van der Waals surface area contributed by atoms with Gasteiger partial charge in [0.1, 0.15) is 5.78 Å². The Morgan fingerprint density at radius 3 is 2.86 bits per heavy atom. The number of piperidine rings is 1. The predicted octanol–water partition coefficient (Wildman–Crippen LogP) is 3.26. The fourth-order valence-corrected chi connectivity index (χ4v) is 3.67. The first-order chi connectivity index (χ1) is 10.2. The van der Waals surface area contributed by atoms with Gasteiger partial charge in [0.2, 0.25) is 0 Å². The summed E-state index contributed by atoms with van der Waals surface area (Å²) in [5, 5.41) is 8.06. The summed E-state index contributed by atoms with van der Waals surface area (Å²) in [6.07, 6.45) is 6.79. The van der Waals surface area contributed by atoms with Crippen LogP contribution in [-0.4, -0.2) is 28.2 Å². The Bertz CT molecular complexity index is 478. The first-order valence-electron chi connectivity index (χ1n) is 8.14. The summed E-state index contributed by atoms with van der Waals surface area (Å²) in [6, 6.07) is 0.536. The number of ketones is 1. The zero-order valence-electron chi connectivity index (χ0n) is 13.1. The second-order valence-electron chi connectivity index (χ2n) is 5.78. The highest BCUT2D eigenvalue weighted by Crippen LogP contribution is 2.23. The van der Waals surface area contributed by atoms with E-state index in [0.717, 1.165) is 41.8 Å². The molecule has 0 spiro atoms. The zero-order valence-corrected chi connectivity index (χ0v) is 14.7. The Kier molecular flexibility index (Phi) is 6.42. The highest BCUT2D eigenvalue weighted by atomic mass is 79.9. The third-order valence-corrected chi connectivity index (χ3v) is 5.16. The fraction of sp³-hybridized carbons (Fsp3) is 0.750. The average Bonchev–Trinajstić information content (AvgIpc) is 2.82. The van der Waals surface area contributed by atoms with Crippen LogP contribution in [0.1, 0.15) is 57.3 Å². The molecule has 0 amide bonds. The predicted molar refractivity (Wildman–Crippen MR) is 88.6 cm³/mol. The lowest BCUT2D eigenvalue weighted by molar-refractivity contribution is -0.118. The minimum absolute atomic E-state index is 0.320. The number of carbonyl (C=O) groups is 1. The van der Waals surface area contributed by atoms with E-state index in [4.69, 9.17) is 0 Å². The van der Waals surface area contributed by atoms with Crippen molar-refractivity contribution in [1.82, 2.24) is 15.1 Å². The zero-order chi connectivity index (χ0) is 15.2. The Balaban J connectivity index is 1.91. The SMILES string of the molecule is CCc1nn(CC)c(CC(=O)CCC2CCCCN2)c1Br. The van der Waals surface area contributed by atoms with E-state index in [9.17, 15) is 4.79 Å². The molecule has 5 heteroatoms. The summed E-state index contributed by atoms with van der Waals surface area (Å²) < 4.78 is 2.98. The number of nitrogens with one attached hydrogen (secondary N) is 1. The Morgan fingerprint density at radius 2 is 2.24 bits per heavy atom. The van der Waals surface area contributed by atoms with Crippen LogP contribution in [0.4, 0.5) is 0 Å². The molecule has 2 heterocycles. The van der Waals surface area contributed by atoms with Gasteiger partial charge in [0.25, 0.3) is 0 Å². The minimum Gasteiger partial charge on any atom is -0.314 e. The number of aryl methyl sites for hydroxylation is 2. The number of aromatic nitrogens is 2. The molecule has 21 heavy (non-hydrogen) atoms. The van der Waals surface area contributed by atoms with Gasteiger partial charge in [0.15, 0.2) is 0 Å². The van der Waals surface area contributed by atoms with Crippen molar-refractivity contribution in [2.24, 2.45) is 0 Å². The van der Waals surface area contributed by atoms with Crippen molar-refractivity contribution < 1.29 is 4.79 Å². The van der Waals surface area contributed by atoms with Crippen molar-refractivity contribution in [3.05, 3.63) is 15.9 Å². The monoisotopic (exact) mass is 355 g/mol. The first kappa shape index (κ1) is 16.7. The summed E-state index contributed by atoms with van der Waals surface area (Å²) >= 11 is 3.61. The third kappa shape index (κ3) is 4.39. The summed E-state index contributed by atoms with van der Waals surface area (Å²) in [6.45, 7) is 6.07. The van der Waals surface area contributed by atoms with Crippen LogP contribution in [-0.2, 0) is 24.2 Å². The maximum atomic E-state index is 12.3. The van der Waals surface area contributed by atoms with Gasteiger partial charge in [0.05, 0.1) is 15.9 Å². The Morgan fingerprint density at radius 1 is 1.43 bits per heavy atom. The molecule has 0 aliphatic carbocycles. The van der Waals surface area contributed by atoms with Gasteiger partial charge in [-0.25, -0.2) is 0 Å². The van der Waals surface area contributed by atoms with E-state index < -0.39 is 0 Å². The molecule has 1 saturated heterocycles. The van der Waals surface area contributed by atoms with Gasteiger partial charge in [-0.15, -0.1) is 0 Å². The molecule has 118 valence electrons. The van der Waals surface area contributed by atoms with E-state index >= 15 is 0 Å². The van der Waals surface area contributed by atoms with Crippen LogP contribution < -0.4 is 5.32 Å². The molecular formula is C16H26BrN3O. The van der Waals surface area contributed by atoms with Gasteiger partial charge in [-0.2, -0.15) is 5.10 Å². The lowest BCUT2D eigenvalue weighted by Crippen LogP contribution is -2.34. The molecule has 1 unspecified atom stereocenters. The van der Waals surface area contributed by atoms with Gasteiger partial charge >= 0.3 is 0 Å². The van der Waals surface area contributed by atoms with Gasteiger partial charge in [-0.1, -0.05) is 13.3 Å². The Hall–Kier alpha value is -0.680. The highest BCUT2D eigenvalue weighted by Gasteiger charge is 2.18. The van der Waals surface area contributed by atoms with Crippen LogP contribution in [0.2, 0.25) is 0 Å². The van der Waals surface area contributed by atoms with Gasteiger partial charge < -0.3 is 5.32 Å². The number of carbonyl (C=O) groups excluding carboxylic acids is 1. The maximum Gasteiger partial charge on any atom is 0.138 e. The van der Waals surface area contributed by atoms with Crippen LogP contribution in [0.5, 0.6) is 0 Å². The molecule has 0 bridgehead atoms. The fourth-order valence-electron chi connectivity index (χ4n) is 2.97. The largest absolute Gasteiger partial charge is 0.314 e. The van der Waals surface area contributed by atoms with Gasteiger partial charge in [-0.05, 0) is 55.1 Å². The number of Topliss-reactive ketones (excluding diaryl/α,β-unsaturated/α-hetero) is 1. The van der Waals surface area contributed by atoms with E-state index in [1.807, 2.05) is 4.68 Å². The van der Waals surface area contributed by atoms with Gasteiger partial charge in [-0.3, -0.25) is 9.48 Å². The number of rotatable bonds is 7. The van der Waals surface area contributed by atoms with Crippen molar-refractivity contribution in [3.63, 3.8) is 0 Å². The van der Waals surface area contributed by atoms with Crippen molar-refractivity contribution in [1.29, 1.82) is 0 Å². The number of hydrogen-bond acceptors (Lipinski definition) is 3. The van der Waals surface area contributed by atoms with Crippen LogP contribution in [0, 0.1) is 0 Å². The van der Waals surface area contributed by atoms with E-state index in [2.05, 4.69) is 40.2 Å². The van der Waals surface area contributed by atoms with E-state index in [1.165, 1.54) is 19.3 Å². The number of nitrogens with zero attached hydrogens (tertiary/aromatic N) is 2. The van der Waals surface area contributed by atoms with E-state index in [0.29, 0.717) is 24.7 Å². The molecule has 4 nitrogen and oxygen atoms in total. The van der Waals surface area contributed by atoms with Crippen LogP contribution >= 0.6 is 15.9 Å². The molecule has 0 aromatic carbocycles. The lowest BCUT2D eigenvalue weighted by atomic mass is 9.98. The smallest absolute Gasteiger partial charge is 0.138 e. The van der Waals surface area contributed by atoms with Crippen LogP contribution in [0.25, 0.3) is 0 Å². The molecule has 2 rings (SSSR count). The minimum atomic E-state index is 0.320. The summed E-state index contributed by atoms with van der Waals surface area (Å²) in [4.78, 5) is 12.3. The number of halogens is 1. The van der Waals surface area contributed by atoms with Gasteiger partial charge in [0, 0.05) is 25.4 Å². The van der Waals surface area contributed by atoms with E-state index in [-0.39, 0.29) is 0 Å². The second-order valence-corrected chi connectivity index (χ2v) is 6.57. The third-order valence-electron chi connectivity index (χ3n) is 4.24. The van der Waals surface area contributed by atoms with E-state index in [1.54, 1.807) is 0 Å². The molecular weight excluding hydrogens is 330 g/mol. The van der Waals surface area contributed by atoms with Crippen molar-refractivity contribution in [2.75, 3.05) is 6.54 Å². The van der Waals surface area contributed by atoms with Crippen molar-refractivity contribution >= 4 is 21.7 Å². The molecule has 1 aromatic heterocycles. The summed E-state index contributed by atoms with van der Waals surface area (Å²) in [7, 11) is 0. The highest BCUT2D eigenvalue weighted by molar-refractivity contribution is 9.10. The molecule has 1 aliphatic rings. The second kappa shape index (κ2) is 8.08. The standard InChI is InChI=1S/C16H26BrN3O/c1-3-14-16(17)15(20(4-2)19-14)11-13(21)9-8-12-7-5-6-10-18-12/h12,18H,3-11H2,1-2H3. The summed E-state index contributed by atoms with van der Waals surface area (Å²) in [5.41, 5.74) is 2.09. The van der Waals surface area contributed by atoms with Crippen LogP contribution in [0.15, 0.2) is 4.47 Å². The molecule has 1 N–H and O–H groups in total. The number of hydrogen-bond donors (Lipinski definition) is 1. The normalized spacial score (nSPS) is 18.9. The Labute approximate surface area is 135 Å². The average molecular weight is 356 g/mol. The van der Waals surface area contributed by atoms with Crippen molar-refractivity contribution in [2.45, 2.75) is 71.4 Å². The quantitative estimate of drug-likeness (QED) is 0.816. The lowest BCUT2D eigenvalue weighted by Gasteiger charge is -2.23. The summed E-state index contributed by atoms with van der Waals surface area (Å²) in [5.74, 6) is 0.320. The molecule has 1 aliphatic heterocycles. The van der Waals surface area contributed by atoms with Crippen molar-refractivity contribution in [3.8, 4) is 0 Å². The topological polar surface area (TPSA) is 46.9 Å². The maximum absolute atomic E-state index is 12.3.